The minimum absolute atomic E-state index is 0.627. The van der Waals surface area contributed by atoms with E-state index >= 15 is 0 Å². The molecule has 0 spiro atoms. The maximum atomic E-state index is 9.95. The summed E-state index contributed by atoms with van der Waals surface area (Å²) in [6.07, 6.45) is 0. The maximum absolute atomic E-state index is 9.95. The lowest BCUT2D eigenvalue weighted by molar-refractivity contribution is 1.18. The molecule has 0 amide bonds. The third-order valence-electron chi connectivity index (χ3n) is 8.63. The Labute approximate surface area is 268 Å². The Morgan fingerprint density at radius 3 is 1.76 bits per heavy atom. The van der Waals surface area contributed by atoms with Crippen molar-refractivity contribution in [3.05, 3.63) is 181 Å². The van der Waals surface area contributed by atoms with Crippen molar-refractivity contribution in [3.8, 4) is 34.0 Å². The van der Waals surface area contributed by atoms with Gasteiger partial charge in [0.1, 0.15) is 6.07 Å². The molecular formula is C43H29N3. The molecule has 0 atom stereocenters. The summed E-state index contributed by atoms with van der Waals surface area (Å²) in [7, 11) is 0. The fraction of sp³-hybridized carbons (Fsp3) is 0. The summed E-state index contributed by atoms with van der Waals surface area (Å²) < 4.78 is 2.37. The van der Waals surface area contributed by atoms with Gasteiger partial charge in [-0.2, -0.15) is 5.26 Å². The van der Waals surface area contributed by atoms with Crippen LogP contribution in [-0.4, -0.2) is 4.57 Å². The van der Waals surface area contributed by atoms with Crippen molar-refractivity contribution >= 4 is 38.9 Å². The number of anilines is 3. The largest absolute Gasteiger partial charge is 0.309 e. The molecule has 0 aliphatic carbocycles. The van der Waals surface area contributed by atoms with Crippen LogP contribution in [-0.2, 0) is 0 Å². The van der Waals surface area contributed by atoms with Crippen LogP contribution in [0.1, 0.15) is 5.56 Å². The van der Waals surface area contributed by atoms with Crippen molar-refractivity contribution in [2.75, 3.05) is 4.90 Å². The number of aromatic nitrogens is 1. The minimum Gasteiger partial charge on any atom is -0.309 e. The van der Waals surface area contributed by atoms with Crippen molar-refractivity contribution in [2.24, 2.45) is 0 Å². The molecule has 3 nitrogen and oxygen atoms in total. The average molecular weight is 588 g/mol. The lowest BCUT2D eigenvalue weighted by atomic mass is 9.92. The van der Waals surface area contributed by atoms with Gasteiger partial charge in [-0.3, -0.25) is 0 Å². The lowest BCUT2D eigenvalue weighted by Gasteiger charge is -2.26. The van der Waals surface area contributed by atoms with Crippen molar-refractivity contribution in [3.63, 3.8) is 0 Å². The quantitative estimate of drug-likeness (QED) is 0.194. The number of benzene rings is 7. The Morgan fingerprint density at radius 1 is 0.457 bits per heavy atom. The average Bonchev–Trinajstić information content (AvgIpc) is 3.46. The lowest BCUT2D eigenvalue weighted by Crippen LogP contribution is -2.11. The molecule has 1 aromatic heterocycles. The Kier molecular flexibility index (Phi) is 6.87. The van der Waals surface area contributed by atoms with Crippen LogP contribution in [0.3, 0.4) is 0 Å². The Hall–Kier alpha value is -6.37. The van der Waals surface area contributed by atoms with Gasteiger partial charge >= 0.3 is 0 Å². The molecule has 8 aromatic rings. The first kappa shape index (κ1) is 27.2. The van der Waals surface area contributed by atoms with E-state index in [1.165, 1.54) is 38.5 Å². The topological polar surface area (TPSA) is 32.0 Å². The molecule has 7 aromatic carbocycles. The summed E-state index contributed by atoms with van der Waals surface area (Å²) >= 11 is 0. The monoisotopic (exact) mass is 587 g/mol. The van der Waals surface area contributed by atoms with E-state index in [2.05, 4.69) is 149 Å². The first-order valence-electron chi connectivity index (χ1n) is 15.4. The molecular weight excluding hydrogens is 558 g/mol. The first-order chi connectivity index (χ1) is 22.8. The van der Waals surface area contributed by atoms with Gasteiger partial charge in [0.05, 0.1) is 22.3 Å². The van der Waals surface area contributed by atoms with Gasteiger partial charge in [-0.25, -0.2) is 0 Å². The maximum Gasteiger partial charge on any atom is 0.101 e. The van der Waals surface area contributed by atoms with Crippen LogP contribution in [0.25, 0.3) is 49.7 Å². The highest BCUT2D eigenvalue weighted by atomic mass is 15.1. The zero-order valence-electron chi connectivity index (χ0n) is 25.1. The van der Waals surface area contributed by atoms with E-state index in [0.29, 0.717) is 5.56 Å². The van der Waals surface area contributed by atoms with Crippen LogP contribution < -0.4 is 4.90 Å². The van der Waals surface area contributed by atoms with Crippen LogP contribution in [0.4, 0.5) is 17.1 Å². The SMILES string of the molecule is N#Cc1ccccc1N(c1ccccc1)c1ccc(-c2cc3c4ccccc4n(-c4ccccc4)c3cc2-c2ccccc2)cc1. The molecule has 0 unspecified atom stereocenters. The number of fused-ring (bicyclic) bond motifs is 3. The van der Waals surface area contributed by atoms with E-state index in [0.717, 1.165) is 28.3 Å². The number of nitrogens with zero attached hydrogens (tertiary/aromatic N) is 3. The second-order valence-electron chi connectivity index (χ2n) is 11.3. The third-order valence-corrected chi connectivity index (χ3v) is 8.63. The second-order valence-corrected chi connectivity index (χ2v) is 11.3. The highest BCUT2D eigenvalue weighted by Gasteiger charge is 2.19. The van der Waals surface area contributed by atoms with Crippen LogP contribution >= 0.6 is 0 Å². The van der Waals surface area contributed by atoms with Gasteiger partial charge < -0.3 is 9.47 Å². The molecule has 0 saturated carbocycles. The van der Waals surface area contributed by atoms with Gasteiger partial charge in [-0.05, 0) is 89.0 Å². The van der Waals surface area contributed by atoms with E-state index in [9.17, 15) is 5.26 Å². The van der Waals surface area contributed by atoms with Gasteiger partial charge in [0.15, 0.2) is 0 Å². The molecule has 0 saturated heterocycles. The summed E-state index contributed by atoms with van der Waals surface area (Å²) in [6.45, 7) is 0. The van der Waals surface area contributed by atoms with Crippen molar-refractivity contribution < 1.29 is 0 Å². The van der Waals surface area contributed by atoms with Crippen molar-refractivity contribution in [1.82, 2.24) is 4.57 Å². The molecule has 0 fully saturated rings. The molecule has 216 valence electrons. The van der Waals surface area contributed by atoms with Crippen LogP contribution in [0.2, 0.25) is 0 Å². The Morgan fingerprint density at radius 2 is 1.02 bits per heavy atom. The molecule has 8 rings (SSSR count). The van der Waals surface area contributed by atoms with Crippen molar-refractivity contribution in [1.29, 1.82) is 5.26 Å². The smallest absolute Gasteiger partial charge is 0.101 e. The third kappa shape index (κ3) is 4.70. The molecule has 0 N–H and O–H groups in total. The predicted octanol–water partition coefficient (Wildman–Crippen LogP) is 11.5. The highest BCUT2D eigenvalue weighted by Crippen LogP contribution is 2.42. The predicted molar refractivity (Wildman–Crippen MR) is 191 cm³/mol. The van der Waals surface area contributed by atoms with Gasteiger partial charge in [0.25, 0.3) is 0 Å². The molecule has 0 aliphatic rings. The van der Waals surface area contributed by atoms with Crippen LogP contribution in [0, 0.1) is 11.3 Å². The Bertz CT molecular complexity index is 2350. The zero-order valence-corrected chi connectivity index (χ0v) is 25.1. The van der Waals surface area contributed by atoms with E-state index < -0.39 is 0 Å². The molecule has 46 heavy (non-hydrogen) atoms. The van der Waals surface area contributed by atoms with Crippen LogP contribution in [0.15, 0.2) is 176 Å². The molecule has 0 aliphatic heterocycles. The summed E-state index contributed by atoms with van der Waals surface area (Å²) in [6, 6.07) is 63.6. The summed E-state index contributed by atoms with van der Waals surface area (Å²) in [5.41, 5.74) is 11.6. The number of hydrogen-bond acceptors (Lipinski definition) is 2. The standard InChI is InChI=1S/C43H29N3/c44-30-33-16-10-12-22-41(33)45(34-17-6-2-7-18-34)36-26-24-32(25-27-36)38-28-40-37-21-11-13-23-42(37)46(35-19-8-3-9-20-35)43(40)29-39(38)31-14-4-1-5-15-31/h1-29H. The summed E-state index contributed by atoms with van der Waals surface area (Å²) in [5, 5.41) is 12.4. The second kappa shape index (κ2) is 11.6. The van der Waals surface area contributed by atoms with Crippen molar-refractivity contribution in [2.45, 2.75) is 0 Å². The molecule has 1 heterocycles. The Balaban J connectivity index is 1.34. The molecule has 3 heteroatoms. The summed E-state index contributed by atoms with van der Waals surface area (Å²) in [5.74, 6) is 0. The fourth-order valence-corrected chi connectivity index (χ4v) is 6.52. The number of rotatable bonds is 6. The molecule has 0 bridgehead atoms. The van der Waals surface area contributed by atoms with Crippen LogP contribution in [0.5, 0.6) is 0 Å². The minimum atomic E-state index is 0.627. The fourth-order valence-electron chi connectivity index (χ4n) is 6.52. The highest BCUT2D eigenvalue weighted by molar-refractivity contribution is 6.12. The number of hydrogen-bond donors (Lipinski definition) is 0. The van der Waals surface area contributed by atoms with Gasteiger partial charge in [-0.1, -0.05) is 109 Å². The zero-order chi connectivity index (χ0) is 30.9. The number of nitriles is 1. The van der Waals surface area contributed by atoms with Gasteiger partial charge in [0, 0.05) is 27.8 Å². The van der Waals surface area contributed by atoms with E-state index in [1.54, 1.807) is 0 Å². The van der Waals surface area contributed by atoms with Gasteiger partial charge in [-0.15, -0.1) is 0 Å². The summed E-state index contributed by atoms with van der Waals surface area (Å²) in [4.78, 5) is 2.15. The van der Waals surface area contributed by atoms with E-state index in [1.807, 2.05) is 42.5 Å². The van der Waals surface area contributed by atoms with E-state index in [-0.39, 0.29) is 0 Å². The van der Waals surface area contributed by atoms with Gasteiger partial charge in [0.2, 0.25) is 0 Å². The number of para-hydroxylation sites is 4. The van der Waals surface area contributed by atoms with E-state index in [4.69, 9.17) is 0 Å². The normalized spacial score (nSPS) is 11.0. The molecule has 0 radical (unpaired) electrons. The first-order valence-corrected chi connectivity index (χ1v) is 15.4.